The summed E-state index contributed by atoms with van der Waals surface area (Å²) < 4.78 is 1.18. The topological polar surface area (TPSA) is 54.0 Å². The Balaban J connectivity index is 1.42. The molecule has 152 valence electrons. The van der Waals surface area contributed by atoms with Gasteiger partial charge >= 0.3 is 6.03 Å². The molecule has 4 rings (SSSR count). The van der Waals surface area contributed by atoms with Crippen molar-refractivity contribution in [3.8, 4) is 10.6 Å². The largest absolute Gasteiger partial charge is 0.323 e. The zero-order chi connectivity index (χ0) is 21.3. The first-order valence-corrected chi connectivity index (χ1v) is 10.8. The number of rotatable bonds is 3. The zero-order valence-electron chi connectivity index (χ0n) is 17.6. The molecule has 4 nitrogen and oxygen atoms in total. The smallest absolute Gasteiger partial charge is 0.308 e. The van der Waals surface area contributed by atoms with Gasteiger partial charge in [-0.3, -0.25) is 0 Å². The summed E-state index contributed by atoms with van der Waals surface area (Å²) in [4.78, 5) is 17.0. The van der Waals surface area contributed by atoms with Crippen LogP contribution in [0.5, 0.6) is 0 Å². The molecule has 0 spiro atoms. The number of hydrogen-bond acceptors (Lipinski definition) is 3. The van der Waals surface area contributed by atoms with Gasteiger partial charge in [-0.05, 0) is 72.0 Å². The first kappa shape index (κ1) is 20.1. The summed E-state index contributed by atoms with van der Waals surface area (Å²) >= 11 is 1.68. The number of amides is 2. The number of nitrogens with one attached hydrogen (secondary N) is 2. The molecular weight excluding hydrogens is 390 g/mol. The highest BCUT2D eigenvalue weighted by atomic mass is 32.1. The van der Waals surface area contributed by atoms with Gasteiger partial charge in [0.1, 0.15) is 5.01 Å². The quantitative estimate of drug-likeness (QED) is 0.371. The number of aryl methyl sites for hydroxylation is 1. The maximum Gasteiger partial charge on any atom is 0.323 e. The number of carbonyl (C=O) groups excluding carboxylic acids is 1. The number of carbonyl (C=O) groups is 1. The van der Waals surface area contributed by atoms with Crippen LogP contribution in [0.1, 0.15) is 31.9 Å². The molecule has 1 aromatic heterocycles. The molecule has 4 aromatic rings. The molecule has 0 saturated carbocycles. The fraction of sp³-hybridized carbons (Fsp3) is 0.200. The third-order valence-corrected chi connectivity index (χ3v) is 6.01. The van der Waals surface area contributed by atoms with Crippen molar-refractivity contribution < 1.29 is 4.79 Å². The Morgan fingerprint density at radius 2 is 1.47 bits per heavy atom. The summed E-state index contributed by atoms with van der Waals surface area (Å²) in [6, 6.07) is 21.7. The number of anilines is 2. The van der Waals surface area contributed by atoms with Gasteiger partial charge in [0.15, 0.2) is 0 Å². The molecule has 0 aliphatic rings. The van der Waals surface area contributed by atoms with E-state index in [0.717, 1.165) is 27.5 Å². The highest BCUT2D eigenvalue weighted by Gasteiger charge is 2.13. The van der Waals surface area contributed by atoms with Gasteiger partial charge in [-0.1, -0.05) is 39.0 Å². The number of hydrogen-bond donors (Lipinski definition) is 2. The Morgan fingerprint density at radius 1 is 0.867 bits per heavy atom. The molecular formula is C25H25N3OS. The van der Waals surface area contributed by atoms with Crippen molar-refractivity contribution in [2.75, 3.05) is 10.6 Å². The molecule has 1 heterocycles. The molecule has 0 fully saturated rings. The Hall–Kier alpha value is -3.18. The van der Waals surface area contributed by atoms with E-state index in [9.17, 15) is 4.79 Å². The number of aromatic nitrogens is 1. The SMILES string of the molecule is Cc1ccc2nc(-c3ccc(NC(=O)Nc4ccc(C(C)(C)C)cc4)cc3)sc2c1. The molecule has 0 aliphatic heterocycles. The Morgan fingerprint density at radius 3 is 2.07 bits per heavy atom. The van der Waals surface area contributed by atoms with Crippen LogP contribution in [0.2, 0.25) is 0 Å². The highest BCUT2D eigenvalue weighted by molar-refractivity contribution is 7.21. The molecule has 0 unspecified atom stereocenters. The minimum atomic E-state index is -0.262. The lowest BCUT2D eigenvalue weighted by atomic mass is 9.87. The van der Waals surface area contributed by atoms with E-state index in [0.29, 0.717) is 0 Å². The van der Waals surface area contributed by atoms with Crippen molar-refractivity contribution in [1.82, 2.24) is 4.98 Å². The van der Waals surface area contributed by atoms with Crippen molar-refractivity contribution in [3.05, 3.63) is 77.9 Å². The number of benzene rings is 3. The lowest BCUT2D eigenvalue weighted by Gasteiger charge is -2.19. The average Bonchev–Trinajstić information content (AvgIpc) is 3.11. The van der Waals surface area contributed by atoms with Gasteiger partial charge in [-0.2, -0.15) is 0 Å². The van der Waals surface area contributed by atoms with Gasteiger partial charge in [-0.25, -0.2) is 9.78 Å². The predicted molar refractivity (Wildman–Crippen MR) is 128 cm³/mol. The van der Waals surface area contributed by atoms with Crippen molar-refractivity contribution in [3.63, 3.8) is 0 Å². The van der Waals surface area contributed by atoms with Crippen LogP contribution < -0.4 is 10.6 Å². The average molecular weight is 416 g/mol. The zero-order valence-corrected chi connectivity index (χ0v) is 18.4. The van der Waals surface area contributed by atoms with E-state index in [-0.39, 0.29) is 11.4 Å². The fourth-order valence-corrected chi connectivity index (χ4v) is 4.27. The fourth-order valence-electron chi connectivity index (χ4n) is 3.20. The second-order valence-corrected chi connectivity index (χ2v) is 9.50. The van der Waals surface area contributed by atoms with E-state index in [2.05, 4.69) is 56.5 Å². The van der Waals surface area contributed by atoms with Crippen LogP contribution in [0, 0.1) is 6.92 Å². The van der Waals surface area contributed by atoms with Crippen molar-refractivity contribution in [2.45, 2.75) is 33.1 Å². The maximum absolute atomic E-state index is 12.3. The number of thiazole rings is 1. The van der Waals surface area contributed by atoms with Crippen LogP contribution in [0.3, 0.4) is 0 Å². The summed E-state index contributed by atoms with van der Waals surface area (Å²) in [5.74, 6) is 0. The summed E-state index contributed by atoms with van der Waals surface area (Å²) in [6.07, 6.45) is 0. The second-order valence-electron chi connectivity index (χ2n) is 8.47. The van der Waals surface area contributed by atoms with Crippen LogP contribution in [-0.2, 0) is 5.41 Å². The summed E-state index contributed by atoms with van der Waals surface area (Å²) in [7, 11) is 0. The Labute approximate surface area is 181 Å². The highest BCUT2D eigenvalue weighted by Crippen LogP contribution is 2.31. The van der Waals surface area contributed by atoms with Crippen molar-refractivity contribution in [1.29, 1.82) is 0 Å². The standard InChI is InChI=1S/C25H25N3OS/c1-16-5-14-21-22(15-16)30-23(28-21)17-6-10-19(11-7-17)26-24(29)27-20-12-8-18(9-13-20)25(2,3)4/h5-15H,1-4H3,(H2,26,27,29). The summed E-state index contributed by atoms with van der Waals surface area (Å²) in [6.45, 7) is 8.59. The maximum atomic E-state index is 12.3. The van der Waals surface area contributed by atoms with Crippen LogP contribution in [-0.4, -0.2) is 11.0 Å². The number of fused-ring (bicyclic) bond motifs is 1. The Kier molecular flexibility index (Phi) is 5.31. The van der Waals surface area contributed by atoms with E-state index in [4.69, 9.17) is 4.98 Å². The van der Waals surface area contributed by atoms with Gasteiger partial charge < -0.3 is 10.6 Å². The Bertz CT molecular complexity index is 1190. The monoisotopic (exact) mass is 415 g/mol. The molecule has 0 bridgehead atoms. The van der Waals surface area contributed by atoms with Gasteiger partial charge in [0, 0.05) is 16.9 Å². The van der Waals surface area contributed by atoms with Crippen LogP contribution >= 0.6 is 11.3 Å². The first-order valence-electron chi connectivity index (χ1n) is 9.94. The summed E-state index contributed by atoms with van der Waals surface area (Å²) in [5.41, 5.74) is 6.11. The second kappa shape index (κ2) is 7.92. The van der Waals surface area contributed by atoms with E-state index in [1.807, 2.05) is 48.5 Å². The number of urea groups is 1. The normalized spacial score (nSPS) is 11.5. The van der Waals surface area contributed by atoms with E-state index in [1.165, 1.54) is 15.8 Å². The molecule has 0 saturated heterocycles. The number of nitrogens with zero attached hydrogens (tertiary/aromatic N) is 1. The van der Waals surface area contributed by atoms with E-state index >= 15 is 0 Å². The third-order valence-electron chi connectivity index (χ3n) is 4.94. The minimum absolute atomic E-state index is 0.0879. The predicted octanol–water partition coefficient (Wildman–Crippen LogP) is 7.21. The molecule has 0 atom stereocenters. The molecule has 2 N–H and O–H groups in total. The molecule has 3 aromatic carbocycles. The van der Waals surface area contributed by atoms with E-state index < -0.39 is 0 Å². The van der Waals surface area contributed by atoms with Gasteiger partial charge in [0.05, 0.1) is 10.2 Å². The van der Waals surface area contributed by atoms with Crippen LogP contribution in [0.4, 0.5) is 16.2 Å². The van der Waals surface area contributed by atoms with E-state index in [1.54, 1.807) is 11.3 Å². The molecule has 0 aliphatic carbocycles. The van der Waals surface area contributed by atoms with Crippen molar-refractivity contribution in [2.24, 2.45) is 0 Å². The minimum Gasteiger partial charge on any atom is -0.308 e. The molecule has 5 heteroatoms. The first-order chi connectivity index (χ1) is 14.3. The van der Waals surface area contributed by atoms with Crippen LogP contribution in [0.15, 0.2) is 66.7 Å². The third kappa shape index (κ3) is 4.52. The molecule has 2 amide bonds. The molecule has 30 heavy (non-hydrogen) atoms. The van der Waals surface area contributed by atoms with Gasteiger partial charge in [-0.15, -0.1) is 11.3 Å². The van der Waals surface area contributed by atoms with Crippen LogP contribution in [0.25, 0.3) is 20.8 Å². The molecule has 0 radical (unpaired) electrons. The van der Waals surface area contributed by atoms with Gasteiger partial charge in [0.2, 0.25) is 0 Å². The summed E-state index contributed by atoms with van der Waals surface area (Å²) in [5, 5.41) is 6.74. The lowest BCUT2D eigenvalue weighted by Crippen LogP contribution is -2.19. The van der Waals surface area contributed by atoms with Gasteiger partial charge in [0.25, 0.3) is 0 Å². The lowest BCUT2D eigenvalue weighted by molar-refractivity contribution is 0.262. The van der Waals surface area contributed by atoms with Crippen molar-refractivity contribution >= 4 is 39.0 Å².